The Morgan fingerprint density at radius 1 is 0.271 bits per heavy atom. The number of hydrogen-bond donors (Lipinski definition) is 0. The monoisotopic (exact) mass is 911 g/mol. The Labute approximate surface area is 401 Å². The summed E-state index contributed by atoms with van der Waals surface area (Å²) in [5.41, 5.74) is 12.3. The van der Waals surface area contributed by atoms with Gasteiger partial charge in [-0.15, -0.1) is 11.3 Å². The van der Waals surface area contributed by atoms with Crippen LogP contribution < -0.4 is 0 Å². The maximum Gasteiger partial charge on any atom is 0.165 e. The third-order valence-electron chi connectivity index (χ3n) is 14.3. The van der Waals surface area contributed by atoms with Crippen molar-refractivity contribution in [2.24, 2.45) is 0 Å². The highest BCUT2D eigenvalue weighted by atomic mass is 32.1. The van der Waals surface area contributed by atoms with E-state index in [2.05, 4.69) is 176 Å². The van der Waals surface area contributed by atoms with E-state index < -0.39 is 0 Å². The average molecular weight is 912 g/mol. The van der Waals surface area contributed by atoms with E-state index in [1.807, 2.05) is 24.3 Å². The molecule has 0 fully saturated rings. The van der Waals surface area contributed by atoms with Crippen LogP contribution in [0, 0.1) is 0 Å². The molecule has 0 radical (unpaired) electrons. The predicted molar refractivity (Wildman–Crippen MR) is 288 cm³/mol. The molecule has 0 aliphatic rings. The van der Waals surface area contributed by atoms with Crippen LogP contribution in [0.3, 0.4) is 0 Å². The molecule has 0 bridgehead atoms. The molecular weight excluding hydrogens is 879 g/mol. The van der Waals surface area contributed by atoms with Crippen molar-refractivity contribution in [3.05, 3.63) is 200 Å². The van der Waals surface area contributed by atoms with E-state index in [1.165, 1.54) is 47.8 Å². The van der Waals surface area contributed by atoms with Crippen LogP contribution >= 0.6 is 11.3 Å². The fourth-order valence-electron chi connectivity index (χ4n) is 11.2. The summed E-state index contributed by atoms with van der Waals surface area (Å²) in [6, 6.07) is 70.2. The molecule has 0 aliphatic heterocycles. The SMILES string of the molecule is c1ccc2c(c1)oc1cc(-c3nc(-c4ccc(-c5cccc6oc7cc(-c8cccc9c%10cccc%11oc%12cccc(c89)c%12c%11%10)ccc7c56)cc4)nc(-c4cccc5c4sc4ccccc45)n3)ccc12. The van der Waals surface area contributed by atoms with Gasteiger partial charge in [0.25, 0.3) is 0 Å². The summed E-state index contributed by atoms with van der Waals surface area (Å²) in [4.78, 5) is 15.6. The van der Waals surface area contributed by atoms with Crippen molar-refractivity contribution in [1.82, 2.24) is 15.0 Å². The Hall–Kier alpha value is -9.17. The van der Waals surface area contributed by atoms with Crippen LogP contribution in [0.15, 0.2) is 213 Å². The molecule has 0 saturated heterocycles. The highest BCUT2D eigenvalue weighted by Gasteiger charge is 2.22. The summed E-state index contributed by atoms with van der Waals surface area (Å²) in [6.07, 6.45) is 0. The largest absolute Gasteiger partial charge is 0.456 e. The number of rotatable bonds is 5. The normalized spacial score (nSPS) is 12.3. The topological polar surface area (TPSA) is 78.1 Å². The van der Waals surface area contributed by atoms with Gasteiger partial charge in [-0.3, -0.25) is 0 Å². The lowest BCUT2D eigenvalue weighted by Crippen LogP contribution is -2.00. The molecule has 70 heavy (non-hydrogen) atoms. The Morgan fingerprint density at radius 2 is 0.757 bits per heavy atom. The fraction of sp³-hybridized carbons (Fsp3) is 0. The first-order valence-corrected chi connectivity index (χ1v) is 24.2. The molecule has 0 N–H and O–H groups in total. The number of aromatic nitrogens is 3. The van der Waals surface area contributed by atoms with Gasteiger partial charge >= 0.3 is 0 Å². The summed E-state index contributed by atoms with van der Waals surface area (Å²) in [6.45, 7) is 0. The number of nitrogens with zero attached hydrogens (tertiary/aromatic N) is 3. The summed E-state index contributed by atoms with van der Waals surface area (Å²) in [7, 11) is 0. The molecule has 11 aromatic carbocycles. The van der Waals surface area contributed by atoms with Gasteiger partial charge in [-0.05, 0) is 104 Å². The number of thiophene rings is 1. The van der Waals surface area contributed by atoms with Crippen molar-refractivity contribution < 1.29 is 13.3 Å². The number of benzene rings is 11. The Kier molecular flexibility index (Phi) is 7.67. The van der Waals surface area contributed by atoms with Gasteiger partial charge in [0.1, 0.15) is 33.5 Å². The molecule has 6 nitrogen and oxygen atoms in total. The summed E-state index contributed by atoms with van der Waals surface area (Å²) in [5, 5.41) is 13.9. The van der Waals surface area contributed by atoms with E-state index >= 15 is 0 Å². The van der Waals surface area contributed by atoms with Crippen molar-refractivity contribution in [3.63, 3.8) is 0 Å². The minimum atomic E-state index is 0.579. The van der Waals surface area contributed by atoms with Crippen LogP contribution in [-0.4, -0.2) is 15.0 Å². The second-order valence-electron chi connectivity index (χ2n) is 18.2. The maximum atomic E-state index is 6.72. The van der Waals surface area contributed by atoms with E-state index in [4.69, 9.17) is 28.2 Å². The minimum absolute atomic E-state index is 0.579. The number of fused-ring (bicyclic) bond motifs is 12. The Bertz CT molecular complexity index is 4840. The molecule has 0 atom stereocenters. The third-order valence-corrected chi connectivity index (χ3v) is 15.5. The van der Waals surface area contributed by atoms with E-state index in [0.29, 0.717) is 17.5 Å². The predicted octanol–water partition coefficient (Wildman–Crippen LogP) is 18.0. The first kappa shape index (κ1) is 37.9. The first-order chi connectivity index (χ1) is 34.7. The van der Waals surface area contributed by atoms with Crippen molar-refractivity contribution >= 4 is 119 Å². The van der Waals surface area contributed by atoms with E-state index in [-0.39, 0.29) is 0 Å². The summed E-state index contributed by atoms with van der Waals surface area (Å²) in [5.74, 6) is 1.79. The van der Waals surface area contributed by atoms with Crippen molar-refractivity contribution in [3.8, 4) is 56.4 Å². The zero-order valence-corrected chi connectivity index (χ0v) is 37.8. The van der Waals surface area contributed by atoms with E-state index in [1.54, 1.807) is 11.3 Å². The molecule has 0 aliphatic carbocycles. The van der Waals surface area contributed by atoms with Crippen molar-refractivity contribution in [2.45, 2.75) is 0 Å². The molecular formula is C63H33N3O3S. The van der Waals surface area contributed by atoms with Gasteiger partial charge in [0.2, 0.25) is 0 Å². The van der Waals surface area contributed by atoms with Crippen molar-refractivity contribution in [1.29, 1.82) is 0 Å². The zero-order valence-electron chi connectivity index (χ0n) is 37.0. The van der Waals surface area contributed by atoms with E-state index in [0.717, 1.165) is 98.7 Å². The molecule has 0 saturated carbocycles. The maximum absolute atomic E-state index is 6.72. The molecule has 16 rings (SSSR count). The van der Waals surface area contributed by atoms with Crippen LogP contribution in [0.1, 0.15) is 0 Å². The van der Waals surface area contributed by atoms with Gasteiger partial charge in [-0.1, -0.05) is 140 Å². The van der Waals surface area contributed by atoms with Crippen molar-refractivity contribution in [2.75, 3.05) is 0 Å². The van der Waals surface area contributed by atoms with Crippen LogP contribution in [0.4, 0.5) is 0 Å². The van der Waals surface area contributed by atoms with Gasteiger partial charge in [0.15, 0.2) is 17.5 Å². The molecule has 0 unspecified atom stereocenters. The lowest BCUT2D eigenvalue weighted by molar-refractivity contribution is 0.668. The Balaban J connectivity index is 0.818. The van der Waals surface area contributed by atoms with E-state index in [9.17, 15) is 0 Å². The number of para-hydroxylation sites is 1. The lowest BCUT2D eigenvalue weighted by atomic mass is 9.89. The highest BCUT2D eigenvalue weighted by Crippen LogP contribution is 2.47. The first-order valence-electron chi connectivity index (χ1n) is 23.4. The molecule has 0 spiro atoms. The standard InChI is InChI=1S/C63H33N3O3S/c1-3-19-49-40(10-1)41-30-29-37(33-53(41)67-49)62-64-61(65-63(66-62)48-18-6-16-45-42-11-2-4-23-55(42)70-60(45)48)35-26-24-34(25-27-35)38-13-7-20-50-57(38)46-31-28-36(32-54(46)69-50)39-12-5-14-43-44-15-8-21-51-58(44)59-47(56(39)43)17-9-22-52(59)68-51/h1-33H. The van der Waals surface area contributed by atoms with Crippen LogP contribution in [0.5, 0.6) is 0 Å². The Morgan fingerprint density at radius 3 is 1.60 bits per heavy atom. The van der Waals surface area contributed by atoms with Gasteiger partial charge in [0, 0.05) is 69.2 Å². The summed E-state index contributed by atoms with van der Waals surface area (Å²) < 4.78 is 21.8. The average Bonchev–Trinajstić information content (AvgIpc) is 4.20. The van der Waals surface area contributed by atoms with Gasteiger partial charge in [0.05, 0.1) is 0 Å². The highest BCUT2D eigenvalue weighted by molar-refractivity contribution is 7.26. The third kappa shape index (κ3) is 5.40. The molecule has 7 heteroatoms. The summed E-state index contributed by atoms with van der Waals surface area (Å²) >= 11 is 1.77. The van der Waals surface area contributed by atoms with Gasteiger partial charge < -0.3 is 13.3 Å². The fourth-order valence-corrected chi connectivity index (χ4v) is 12.4. The second-order valence-corrected chi connectivity index (χ2v) is 19.2. The zero-order chi connectivity index (χ0) is 45.6. The molecule has 0 amide bonds. The smallest absolute Gasteiger partial charge is 0.165 e. The molecule has 5 heterocycles. The van der Waals surface area contributed by atoms with Gasteiger partial charge in [-0.25, -0.2) is 15.0 Å². The number of hydrogen-bond acceptors (Lipinski definition) is 7. The quantitative estimate of drug-likeness (QED) is 0.160. The molecule has 5 aromatic heterocycles. The van der Waals surface area contributed by atoms with Crippen LogP contribution in [0.25, 0.3) is 164 Å². The molecule has 16 aromatic rings. The lowest BCUT2D eigenvalue weighted by Gasteiger charge is -2.13. The van der Waals surface area contributed by atoms with Crippen LogP contribution in [0.2, 0.25) is 0 Å². The molecule has 324 valence electrons. The second kappa shape index (κ2) is 14.2. The van der Waals surface area contributed by atoms with Crippen LogP contribution in [-0.2, 0) is 0 Å². The number of furan rings is 3. The van der Waals surface area contributed by atoms with Gasteiger partial charge in [-0.2, -0.15) is 0 Å². The minimum Gasteiger partial charge on any atom is -0.456 e.